The first kappa shape index (κ1) is 22.1. The highest BCUT2D eigenvalue weighted by Gasteiger charge is 2.51. The van der Waals surface area contributed by atoms with Crippen LogP contribution in [0.15, 0.2) is 30.3 Å². The quantitative estimate of drug-likeness (QED) is 0.711. The highest BCUT2D eigenvalue weighted by molar-refractivity contribution is 7.81. The van der Waals surface area contributed by atoms with Gasteiger partial charge in [0.05, 0.1) is 18.4 Å². The molecular formula is C21H18F2N4O3S. The predicted molar refractivity (Wildman–Crippen MR) is 114 cm³/mol. The van der Waals surface area contributed by atoms with Gasteiger partial charge in [-0.25, -0.2) is 8.78 Å². The van der Waals surface area contributed by atoms with Crippen LogP contribution in [0.2, 0.25) is 0 Å². The van der Waals surface area contributed by atoms with Crippen molar-refractivity contribution in [3.8, 4) is 11.8 Å². The number of alkyl halides is 1. The van der Waals surface area contributed by atoms with Crippen molar-refractivity contribution in [1.29, 1.82) is 5.26 Å². The molecule has 3 rings (SSSR count). The van der Waals surface area contributed by atoms with Gasteiger partial charge in [0.1, 0.15) is 18.3 Å². The second-order valence-electron chi connectivity index (χ2n) is 7.25. The predicted octanol–water partition coefficient (Wildman–Crippen LogP) is 3.19. The van der Waals surface area contributed by atoms with Gasteiger partial charge in [-0.3, -0.25) is 14.5 Å². The summed E-state index contributed by atoms with van der Waals surface area (Å²) in [4.78, 5) is 27.2. The van der Waals surface area contributed by atoms with Crippen LogP contribution in [0.1, 0.15) is 35.3 Å². The van der Waals surface area contributed by atoms with Crippen LogP contribution in [0.3, 0.4) is 0 Å². The molecule has 0 unspecified atom stereocenters. The molecule has 31 heavy (non-hydrogen) atoms. The van der Waals surface area contributed by atoms with Gasteiger partial charge in [0.15, 0.2) is 16.7 Å². The SMILES string of the molecule is COc1c(C#N)ccc(N2C(=O)C(C)(C)N(c3ccc(C(N)=O)c(CF)c3)C2=S)c1F. The number of nitrogens with zero attached hydrogens (tertiary/aromatic N) is 3. The van der Waals surface area contributed by atoms with E-state index in [0.717, 1.165) is 4.90 Å². The van der Waals surface area contributed by atoms with Crippen molar-refractivity contribution >= 4 is 40.5 Å². The molecular weight excluding hydrogens is 426 g/mol. The number of thiocarbonyl (C=S) groups is 1. The molecule has 1 aliphatic rings. The van der Waals surface area contributed by atoms with Crippen molar-refractivity contribution in [2.24, 2.45) is 5.73 Å². The number of benzene rings is 2. The first-order valence-electron chi connectivity index (χ1n) is 9.04. The maximum absolute atomic E-state index is 15.1. The Balaban J connectivity index is 2.14. The average molecular weight is 444 g/mol. The van der Waals surface area contributed by atoms with Gasteiger partial charge in [0, 0.05) is 11.3 Å². The van der Waals surface area contributed by atoms with E-state index in [4.69, 9.17) is 28.0 Å². The first-order valence-corrected chi connectivity index (χ1v) is 9.45. The molecule has 2 amide bonds. The number of nitrogens with two attached hydrogens (primary N) is 1. The van der Waals surface area contributed by atoms with Crippen molar-refractivity contribution in [2.75, 3.05) is 16.9 Å². The van der Waals surface area contributed by atoms with Crippen LogP contribution >= 0.6 is 12.2 Å². The molecule has 0 aliphatic carbocycles. The fourth-order valence-corrected chi connectivity index (χ4v) is 4.03. The van der Waals surface area contributed by atoms with E-state index in [0.29, 0.717) is 5.69 Å². The molecule has 160 valence electrons. The van der Waals surface area contributed by atoms with Crippen LogP contribution in [-0.4, -0.2) is 29.6 Å². The lowest BCUT2D eigenvalue weighted by Gasteiger charge is -2.30. The van der Waals surface area contributed by atoms with Gasteiger partial charge in [-0.2, -0.15) is 5.26 Å². The Morgan fingerprint density at radius 1 is 1.32 bits per heavy atom. The minimum atomic E-state index is -1.26. The third kappa shape index (κ3) is 3.37. The summed E-state index contributed by atoms with van der Waals surface area (Å²) in [5.41, 5.74) is 4.20. The number of nitriles is 1. The molecule has 0 radical (unpaired) electrons. The molecule has 1 fully saturated rings. The fraction of sp³-hybridized carbons (Fsp3) is 0.238. The van der Waals surface area contributed by atoms with Gasteiger partial charge in [-0.05, 0) is 62.0 Å². The van der Waals surface area contributed by atoms with Crippen molar-refractivity contribution in [1.82, 2.24) is 0 Å². The summed E-state index contributed by atoms with van der Waals surface area (Å²) in [6.45, 7) is 2.21. The lowest BCUT2D eigenvalue weighted by Crippen LogP contribution is -2.44. The highest BCUT2D eigenvalue weighted by Crippen LogP contribution is 2.40. The number of carbonyl (C=O) groups is 2. The van der Waals surface area contributed by atoms with E-state index in [1.54, 1.807) is 13.8 Å². The van der Waals surface area contributed by atoms with Gasteiger partial charge in [-0.15, -0.1) is 0 Å². The number of primary amides is 1. The molecule has 10 heteroatoms. The number of halogens is 2. The molecule has 0 aromatic heterocycles. The molecule has 2 aromatic carbocycles. The van der Waals surface area contributed by atoms with E-state index >= 15 is 4.39 Å². The molecule has 1 aliphatic heterocycles. The zero-order valence-electron chi connectivity index (χ0n) is 16.9. The largest absolute Gasteiger partial charge is 0.492 e. The van der Waals surface area contributed by atoms with E-state index < -0.39 is 29.8 Å². The van der Waals surface area contributed by atoms with Gasteiger partial charge in [0.25, 0.3) is 5.91 Å². The Morgan fingerprint density at radius 3 is 2.55 bits per heavy atom. The normalized spacial score (nSPS) is 15.2. The Bertz CT molecular complexity index is 1160. The highest BCUT2D eigenvalue weighted by atomic mass is 32.1. The van der Waals surface area contributed by atoms with Gasteiger partial charge < -0.3 is 15.4 Å². The minimum Gasteiger partial charge on any atom is -0.492 e. The molecule has 0 bridgehead atoms. The van der Waals surface area contributed by atoms with Crippen molar-refractivity contribution in [3.63, 3.8) is 0 Å². The molecule has 0 saturated carbocycles. The van der Waals surface area contributed by atoms with E-state index in [9.17, 15) is 14.0 Å². The maximum atomic E-state index is 15.1. The van der Waals surface area contributed by atoms with Gasteiger partial charge in [-0.1, -0.05) is 0 Å². The summed E-state index contributed by atoms with van der Waals surface area (Å²) in [6.07, 6.45) is 0. The van der Waals surface area contributed by atoms with Gasteiger partial charge in [0.2, 0.25) is 5.91 Å². The summed E-state index contributed by atoms with van der Waals surface area (Å²) >= 11 is 5.49. The zero-order valence-corrected chi connectivity index (χ0v) is 17.7. The molecule has 1 saturated heterocycles. The topological polar surface area (TPSA) is 99.7 Å². The Morgan fingerprint density at radius 2 is 2.00 bits per heavy atom. The lowest BCUT2D eigenvalue weighted by atomic mass is 10.0. The Hall–Kier alpha value is -3.58. The number of hydrogen-bond donors (Lipinski definition) is 1. The Kier molecular flexibility index (Phi) is 5.65. The third-order valence-electron chi connectivity index (χ3n) is 5.07. The number of methoxy groups -OCH3 is 1. The second kappa shape index (κ2) is 7.92. The number of rotatable bonds is 5. The summed E-state index contributed by atoms with van der Waals surface area (Å²) in [5.74, 6) is -2.54. The summed E-state index contributed by atoms with van der Waals surface area (Å²) < 4.78 is 33.6. The lowest BCUT2D eigenvalue weighted by molar-refractivity contribution is -0.120. The number of ether oxygens (including phenoxy) is 1. The molecule has 2 N–H and O–H groups in total. The second-order valence-corrected chi connectivity index (χ2v) is 7.61. The van der Waals surface area contributed by atoms with Crippen LogP contribution in [0.5, 0.6) is 5.75 Å². The third-order valence-corrected chi connectivity index (χ3v) is 5.43. The summed E-state index contributed by atoms with van der Waals surface area (Å²) in [6, 6.07) is 8.63. The van der Waals surface area contributed by atoms with E-state index in [-0.39, 0.29) is 33.2 Å². The number of hydrogen-bond acceptors (Lipinski definition) is 5. The molecule has 0 atom stereocenters. The Labute approximate surface area is 182 Å². The minimum absolute atomic E-state index is 0.0141. The number of anilines is 2. The molecule has 7 nitrogen and oxygen atoms in total. The van der Waals surface area contributed by atoms with Crippen LogP contribution < -0.4 is 20.3 Å². The van der Waals surface area contributed by atoms with E-state index in [2.05, 4.69) is 0 Å². The number of amides is 2. The van der Waals surface area contributed by atoms with Crippen LogP contribution in [0.4, 0.5) is 20.2 Å². The van der Waals surface area contributed by atoms with Crippen LogP contribution in [0.25, 0.3) is 0 Å². The van der Waals surface area contributed by atoms with Crippen LogP contribution in [-0.2, 0) is 11.5 Å². The molecule has 1 heterocycles. The monoisotopic (exact) mass is 444 g/mol. The van der Waals surface area contributed by atoms with Crippen molar-refractivity contribution in [3.05, 3.63) is 52.8 Å². The number of carbonyl (C=O) groups excluding carboxylic acids is 2. The maximum Gasteiger partial charge on any atom is 0.259 e. The van der Waals surface area contributed by atoms with Crippen LogP contribution in [0, 0.1) is 17.1 Å². The average Bonchev–Trinajstić information content (AvgIpc) is 2.91. The summed E-state index contributed by atoms with van der Waals surface area (Å²) in [7, 11) is 1.21. The van der Waals surface area contributed by atoms with E-state index in [1.807, 2.05) is 6.07 Å². The zero-order chi connectivity index (χ0) is 23.1. The van der Waals surface area contributed by atoms with E-state index in [1.165, 1.54) is 42.3 Å². The standard InChI is InChI=1S/C21H18F2N4O3S/c1-21(2)19(29)26(15-7-4-11(10-24)17(30-3)16(15)23)20(31)27(21)13-5-6-14(18(25)28)12(8-13)9-22/h4-8H,9H2,1-3H3,(H2,25,28). The molecule has 2 aromatic rings. The first-order chi connectivity index (χ1) is 14.6. The van der Waals surface area contributed by atoms with Crippen molar-refractivity contribution < 1.29 is 23.1 Å². The smallest absolute Gasteiger partial charge is 0.259 e. The van der Waals surface area contributed by atoms with Crippen molar-refractivity contribution in [2.45, 2.75) is 26.1 Å². The van der Waals surface area contributed by atoms with Gasteiger partial charge >= 0.3 is 0 Å². The fourth-order valence-electron chi connectivity index (χ4n) is 3.52. The summed E-state index contributed by atoms with van der Waals surface area (Å²) in [5, 5.41) is 9.09. The molecule has 0 spiro atoms.